The van der Waals surface area contributed by atoms with Gasteiger partial charge >= 0.3 is 0 Å². The molecule has 0 saturated carbocycles. The fraction of sp³-hybridized carbons (Fsp3) is 0.700. The predicted molar refractivity (Wildman–Crippen MR) is 117 cm³/mol. The van der Waals surface area contributed by atoms with Gasteiger partial charge in [0, 0.05) is 31.1 Å². The highest BCUT2D eigenvalue weighted by atomic mass is 32.2. The molecule has 9 heteroatoms. The Bertz CT molecular complexity index is 1070. The van der Waals surface area contributed by atoms with Crippen LogP contribution in [0.5, 0.6) is 0 Å². The van der Waals surface area contributed by atoms with Crippen molar-refractivity contribution in [1.29, 1.82) is 0 Å². The van der Waals surface area contributed by atoms with E-state index >= 15 is 0 Å². The molecule has 29 heavy (non-hydrogen) atoms. The summed E-state index contributed by atoms with van der Waals surface area (Å²) in [5.41, 5.74) is 1.44. The van der Waals surface area contributed by atoms with Crippen molar-refractivity contribution in [3.8, 4) is 0 Å². The minimum atomic E-state index is -3.14. The molecule has 0 amide bonds. The minimum Gasteiger partial charge on any atom is -0.309 e. The van der Waals surface area contributed by atoms with Crippen molar-refractivity contribution in [2.24, 2.45) is 11.3 Å². The molecule has 1 aliphatic heterocycles. The van der Waals surface area contributed by atoms with Crippen molar-refractivity contribution in [3.63, 3.8) is 0 Å². The van der Waals surface area contributed by atoms with Gasteiger partial charge in [-0.25, -0.2) is 13.4 Å². The first-order valence-electron chi connectivity index (χ1n) is 10.2. The molecule has 2 aromatic heterocycles. The van der Waals surface area contributed by atoms with Gasteiger partial charge in [0.2, 0.25) is 10.0 Å². The number of rotatable bonds is 3. The molecular formula is C20H30N4O3S2. The Morgan fingerprint density at radius 1 is 1.21 bits per heavy atom. The van der Waals surface area contributed by atoms with Crippen LogP contribution in [0.4, 0.5) is 0 Å². The molecule has 3 heterocycles. The van der Waals surface area contributed by atoms with E-state index in [2.05, 4.69) is 30.7 Å². The summed E-state index contributed by atoms with van der Waals surface area (Å²) in [4.78, 5) is 24.9. The lowest BCUT2D eigenvalue weighted by Crippen LogP contribution is -2.48. The van der Waals surface area contributed by atoms with Gasteiger partial charge in [0.25, 0.3) is 5.56 Å². The monoisotopic (exact) mass is 438 g/mol. The van der Waals surface area contributed by atoms with Gasteiger partial charge in [-0.2, -0.15) is 4.31 Å². The van der Waals surface area contributed by atoms with Crippen molar-refractivity contribution in [2.75, 3.05) is 32.4 Å². The van der Waals surface area contributed by atoms with Gasteiger partial charge in [-0.1, -0.05) is 20.8 Å². The fourth-order valence-electron chi connectivity index (χ4n) is 4.47. The first-order valence-corrected chi connectivity index (χ1v) is 12.9. The summed E-state index contributed by atoms with van der Waals surface area (Å²) in [6.45, 7) is 9.66. The zero-order chi connectivity index (χ0) is 21.0. The first kappa shape index (κ1) is 21.0. The molecule has 1 unspecified atom stereocenters. The van der Waals surface area contributed by atoms with Crippen LogP contribution in [0.2, 0.25) is 0 Å². The lowest BCUT2D eigenvalue weighted by molar-refractivity contribution is 0.178. The van der Waals surface area contributed by atoms with Gasteiger partial charge in [0.05, 0.1) is 18.2 Å². The zero-order valence-electron chi connectivity index (χ0n) is 17.6. The molecule has 2 aromatic rings. The van der Waals surface area contributed by atoms with Crippen molar-refractivity contribution < 1.29 is 8.42 Å². The lowest BCUT2D eigenvalue weighted by Gasteiger charge is -2.33. The number of aromatic amines is 1. The van der Waals surface area contributed by atoms with E-state index in [9.17, 15) is 13.2 Å². The van der Waals surface area contributed by atoms with Gasteiger partial charge in [-0.3, -0.25) is 9.69 Å². The summed E-state index contributed by atoms with van der Waals surface area (Å²) < 4.78 is 24.8. The van der Waals surface area contributed by atoms with Gasteiger partial charge < -0.3 is 4.98 Å². The maximum Gasteiger partial charge on any atom is 0.259 e. The summed E-state index contributed by atoms with van der Waals surface area (Å²) in [7, 11) is -3.14. The van der Waals surface area contributed by atoms with Crippen LogP contribution in [-0.2, 0) is 29.4 Å². The fourth-order valence-corrected chi connectivity index (χ4v) is 6.62. The number of nitrogens with zero attached hydrogens (tertiary/aromatic N) is 3. The average molecular weight is 439 g/mol. The number of nitrogens with one attached hydrogen (secondary N) is 1. The highest BCUT2D eigenvalue weighted by molar-refractivity contribution is 7.88. The lowest BCUT2D eigenvalue weighted by atomic mass is 9.72. The molecule has 1 aliphatic carbocycles. The summed E-state index contributed by atoms with van der Waals surface area (Å²) in [6.07, 6.45) is 4.35. The molecule has 0 spiro atoms. The van der Waals surface area contributed by atoms with Crippen LogP contribution in [0, 0.1) is 11.3 Å². The highest BCUT2D eigenvalue weighted by Crippen LogP contribution is 2.41. The molecule has 0 aromatic carbocycles. The summed E-state index contributed by atoms with van der Waals surface area (Å²) >= 11 is 1.68. The Labute approximate surface area is 176 Å². The molecule has 4 rings (SSSR count). The van der Waals surface area contributed by atoms with Crippen LogP contribution in [0.15, 0.2) is 4.79 Å². The van der Waals surface area contributed by atoms with E-state index in [-0.39, 0.29) is 11.0 Å². The van der Waals surface area contributed by atoms with Crippen LogP contribution < -0.4 is 5.56 Å². The smallest absolute Gasteiger partial charge is 0.259 e. The summed E-state index contributed by atoms with van der Waals surface area (Å²) in [5.74, 6) is 1.30. The Morgan fingerprint density at radius 2 is 1.90 bits per heavy atom. The van der Waals surface area contributed by atoms with Crippen molar-refractivity contribution in [1.82, 2.24) is 19.2 Å². The van der Waals surface area contributed by atoms with E-state index in [4.69, 9.17) is 4.98 Å². The second-order valence-electron chi connectivity index (χ2n) is 9.44. The number of fused-ring (bicyclic) bond motifs is 3. The number of aryl methyl sites for hydroxylation is 1. The van der Waals surface area contributed by atoms with Crippen molar-refractivity contribution in [3.05, 3.63) is 26.6 Å². The molecule has 7 nitrogen and oxygen atoms in total. The van der Waals surface area contributed by atoms with E-state index in [1.54, 1.807) is 11.3 Å². The van der Waals surface area contributed by atoms with Gasteiger partial charge in [-0.15, -0.1) is 11.3 Å². The number of thiophene rings is 1. The Morgan fingerprint density at radius 3 is 2.52 bits per heavy atom. The summed E-state index contributed by atoms with van der Waals surface area (Å²) in [6, 6.07) is 0. The maximum atomic E-state index is 12.8. The third-order valence-electron chi connectivity index (χ3n) is 6.37. The third kappa shape index (κ3) is 4.28. The minimum absolute atomic E-state index is 0.0357. The first-order chi connectivity index (χ1) is 13.5. The largest absolute Gasteiger partial charge is 0.309 e. The van der Waals surface area contributed by atoms with Gasteiger partial charge in [0.15, 0.2) is 0 Å². The highest BCUT2D eigenvalue weighted by Gasteiger charge is 2.32. The Balaban J connectivity index is 1.54. The van der Waals surface area contributed by atoms with E-state index in [0.29, 0.717) is 44.5 Å². The normalized spacial score (nSPS) is 22.1. The Kier molecular flexibility index (Phi) is 5.38. The van der Waals surface area contributed by atoms with Crippen LogP contribution in [-0.4, -0.2) is 60.0 Å². The van der Waals surface area contributed by atoms with Crippen molar-refractivity contribution >= 4 is 31.6 Å². The number of piperazine rings is 1. The average Bonchev–Trinajstić information content (AvgIpc) is 2.98. The molecule has 1 atom stereocenters. The second-order valence-corrected chi connectivity index (χ2v) is 12.5. The van der Waals surface area contributed by atoms with E-state index in [1.165, 1.54) is 21.0 Å². The van der Waals surface area contributed by atoms with Crippen LogP contribution >= 0.6 is 11.3 Å². The standard InChI is InChI=1S/C20H30N4O3S2/c1-20(2,3)13-5-6-14-15(11-13)28-19-17(14)18(25)21-16(22-19)12-23-7-9-24(10-8-23)29(4,26)27/h13H,5-12H2,1-4H3,(H,21,22,25). The quantitative estimate of drug-likeness (QED) is 0.794. The molecule has 0 radical (unpaired) electrons. The molecule has 1 N–H and O–H groups in total. The number of aromatic nitrogens is 2. The number of sulfonamides is 1. The third-order valence-corrected chi connectivity index (χ3v) is 8.82. The topological polar surface area (TPSA) is 86.4 Å². The van der Waals surface area contributed by atoms with Crippen molar-refractivity contribution in [2.45, 2.75) is 46.6 Å². The van der Waals surface area contributed by atoms with E-state index < -0.39 is 10.0 Å². The molecule has 1 saturated heterocycles. The SMILES string of the molecule is CC(C)(C)C1CCc2c(sc3nc(CN4CCN(S(C)(=O)=O)CC4)[nH]c(=O)c23)C1. The molecule has 1 fully saturated rings. The molecular weight excluding hydrogens is 408 g/mol. The van der Waals surface area contributed by atoms with Gasteiger partial charge in [0.1, 0.15) is 10.7 Å². The molecule has 2 aliphatic rings. The second kappa shape index (κ2) is 7.44. The van der Waals surface area contributed by atoms with Crippen LogP contribution in [0.1, 0.15) is 43.5 Å². The molecule has 0 bridgehead atoms. The van der Waals surface area contributed by atoms with Gasteiger partial charge in [-0.05, 0) is 36.2 Å². The van der Waals surface area contributed by atoms with Crippen LogP contribution in [0.3, 0.4) is 0 Å². The maximum absolute atomic E-state index is 12.8. The molecule has 160 valence electrons. The van der Waals surface area contributed by atoms with Crippen LogP contribution in [0.25, 0.3) is 10.2 Å². The van der Waals surface area contributed by atoms with E-state index in [0.717, 1.165) is 29.5 Å². The number of hydrogen-bond donors (Lipinski definition) is 1. The number of H-pyrrole nitrogens is 1. The number of hydrogen-bond acceptors (Lipinski definition) is 6. The zero-order valence-corrected chi connectivity index (χ0v) is 19.3. The predicted octanol–water partition coefficient (Wildman–Crippen LogP) is 2.21. The summed E-state index contributed by atoms with van der Waals surface area (Å²) in [5, 5.41) is 0.781. The van der Waals surface area contributed by atoms with E-state index in [1.807, 2.05) is 0 Å². The Hall–Kier alpha value is -1.29.